The van der Waals surface area contributed by atoms with Crippen LogP contribution in [0.15, 0.2) is 41.1 Å². The molecule has 5 heteroatoms. The van der Waals surface area contributed by atoms with Gasteiger partial charge in [-0.1, -0.05) is 15.9 Å². The maximum atomic E-state index is 5.98. The molecule has 2 N–H and O–H groups in total. The van der Waals surface area contributed by atoms with Crippen molar-refractivity contribution < 1.29 is 4.74 Å². The van der Waals surface area contributed by atoms with Crippen molar-refractivity contribution in [3.63, 3.8) is 0 Å². The molecule has 2 aromatic rings. The summed E-state index contributed by atoms with van der Waals surface area (Å²) in [7, 11) is 1.88. The molecule has 0 saturated carbocycles. The van der Waals surface area contributed by atoms with E-state index in [2.05, 4.69) is 21.0 Å². The Balaban J connectivity index is 2.19. The number of hydrogen-bond acceptors (Lipinski definition) is 3. The molecule has 0 saturated heterocycles. The third kappa shape index (κ3) is 3.11. The zero-order chi connectivity index (χ0) is 13.1. The molecule has 2 unspecified atom stereocenters. The molecule has 4 nitrogen and oxygen atoms in total. The number of benzene rings is 1. The highest BCUT2D eigenvalue weighted by Gasteiger charge is 2.19. The van der Waals surface area contributed by atoms with Crippen LogP contribution in [0.3, 0.4) is 0 Å². The summed E-state index contributed by atoms with van der Waals surface area (Å²) in [6, 6.07) is 7.59. The van der Waals surface area contributed by atoms with Crippen LogP contribution < -0.4 is 10.5 Å². The molecule has 1 heterocycles. The van der Waals surface area contributed by atoms with Gasteiger partial charge in [-0.3, -0.25) is 4.68 Å². The molecule has 1 aromatic carbocycles. The Morgan fingerprint density at radius 2 is 2.00 bits per heavy atom. The van der Waals surface area contributed by atoms with E-state index in [1.807, 2.05) is 44.4 Å². The first kappa shape index (κ1) is 13.1. The van der Waals surface area contributed by atoms with E-state index in [-0.39, 0.29) is 12.1 Å². The fraction of sp³-hybridized carbons (Fsp3) is 0.308. The number of rotatable bonds is 4. The Labute approximate surface area is 115 Å². The minimum Gasteiger partial charge on any atom is -0.484 e. The molecule has 2 rings (SSSR count). The Morgan fingerprint density at radius 1 is 1.33 bits per heavy atom. The smallest absolute Gasteiger partial charge is 0.141 e. The average Bonchev–Trinajstić information content (AvgIpc) is 2.74. The summed E-state index contributed by atoms with van der Waals surface area (Å²) < 4.78 is 8.70. The van der Waals surface area contributed by atoms with Gasteiger partial charge in [0.2, 0.25) is 0 Å². The fourth-order valence-electron chi connectivity index (χ4n) is 1.73. The molecule has 0 bridgehead atoms. The highest BCUT2D eigenvalue weighted by molar-refractivity contribution is 9.10. The van der Waals surface area contributed by atoms with Crippen LogP contribution in [0.5, 0.6) is 5.75 Å². The highest BCUT2D eigenvalue weighted by Crippen LogP contribution is 2.25. The average molecular weight is 310 g/mol. The molecule has 2 atom stereocenters. The Bertz CT molecular complexity index is 507. The van der Waals surface area contributed by atoms with Gasteiger partial charge in [0.05, 0.1) is 6.20 Å². The lowest BCUT2D eigenvalue weighted by Gasteiger charge is -2.21. The van der Waals surface area contributed by atoms with E-state index in [9.17, 15) is 0 Å². The van der Waals surface area contributed by atoms with Crippen LogP contribution in [-0.4, -0.2) is 15.8 Å². The van der Waals surface area contributed by atoms with E-state index in [4.69, 9.17) is 10.5 Å². The number of aromatic nitrogens is 2. The zero-order valence-electron chi connectivity index (χ0n) is 10.4. The molecule has 0 spiro atoms. The number of nitrogens with two attached hydrogens (primary N) is 1. The van der Waals surface area contributed by atoms with Crippen molar-refractivity contribution in [1.29, 1.82) is 0 Å². The number of aryl methyl sites for hydroxylation is 1. The second-order valence-corrected chi connectivity index (χ2v) is 5.21. The van der Waals surface area contributed by atoms with E-state index < -0.39 is 0 Å². The third-order valence-corrected chi connectivity index (χ3v) is 3.14. The molecular weight excluding hydrogens is 294 g/mol. The predicted molar refractivity (Wildman–Crippen MR) is 74.4 cm³/mol. The summed E-state index contributed by atoms with van der Waals surface area (Å²) >= 11 is 3.40. The molecule has 1 aromatic heterocycles. The van der Waals surface area contributed by atoms with Gasteiger partial charge < -0.3 is 10.5 Å². The van der Waals surface area contributed by atoms with Crippen LogP contribution in [0.4, 0.5) is 0 Å². The summed E-state index contributed by atoms with van der Waals surface area (Å²) in [5.74, 6) is 0.796. The van der Waals surface area contributed by atoms with Crippen molar-refractivity contribution in [3.05, 3.63) is 46.7 Å². The van der Waals surface area contributed by atoms with Gasteiger partial charge in [0.15, 0.2) is 0 Å². The van der Waals surface area contributed by atoms with Gasteiger partial charge in [-0.05, 0) is 31.2 Å². The van der Waals surface area contributed by atoms with Crippen LogP contribution in [-0.2, 0) is 7.05 Å². The lowest BCUT2D eigenvalue weighted by atomic mass is 10.1. The number of nitrogens with zero attached hydrogens (tertiary/aromatic N) is 2. The topological polar surface area (TPSA) is 53.1 Å². The van der Waals surface area contributed by atoms with Gasteiger partial charge in [0.25, 0.3) is 0 Å². The van der Waals surface area contributed by atoms with Crippen molar-refractivity contribution in [2.24, 2.45) is 12.8 Å². The van der Waals surface area contributed by atoms with Crippen LogP contribution in [0, 0.1) is 0 Å². The van der Waals surface area contributed by atoms with E-state index in [0.29, 0.717) is 0 Å². The minimum absolute atomic E-state index is 0.113. The minimum atomic E-state index is -0.195. The SMILES string of the molecule is CC(N)C(Oc1ccc(Br)cc1)c1cnn(C)c1. The summed E-state index contributed by atoms with van der Waals surface area (Å²) in [4.78, 5) is 0. The number of halogens is 1. The lowest BCUT2D eigenvalue weighted by molar-refractivity contribution is 0.180. The van der Waals surface area contributed by atoms with Crippen molar-refractivity contribution in [2.75, 3.05) is 0 Å². The third-order valence-electron chi connectivity index (χ3n) is 2.61. The van der Waals surface area contributed by atoms with Crippen LogP contribution >= 0.6 is 15.9 Å². The first-order valence-corrected chi connectivity index (χ1v) is 6.52. The summed E-state index contributed by atoms with van der Waals surface area (Å²) in [6.07, 6.45) is 3.51. The van der Waals surface area contributed by atoms with Crippen LogP contribution in [0.1, 0.15) is 18.6 Å². The molecule has 0 aliphatic rings. The predicted octanol–water partition coefficient (Wildman–Crippen LogP) is 2.65. The van der Waals surface area contributed by atoms with Crippen LogP contribution in [0.25, 0.3) is 0 Å². The van der Waals surface area contributed by atoms with Gasteiger partial charge in [-0.15, -0.1) is 0 Å². The van der Waals surface area contributed by atoms with E-state index >= 15 is 0 Å². The van der Waals surface area contributed by atoms with E-state index in [1.54, 1.807) is 10.9 Å². The van der Waals surface area contributed by atoms with Gasteiger partial charge in [-0.25, -0.2) is 0 Å². The van der Waals surface area contributed by atoms with Crippen molar-refractivity contribution >= 4 is 15.9 Å². The molecule has 0 radical (unpaired) electrons. The summed E-state index contributed by atoms with van der Waals surface area (Å²) in [5.41, 5.74) is 6.97. The monoisotopic (exact) mass is 309 g/mol. The molecule has 18 heavy (non-hydrogen) atoms. The Kier molecular flexibility index (Phi) is 4.04. The maximum absolute atomic E-state index is 5.98. The Hall–Kier alpha value is -1.33. The second-order valence-electron chi connectivity index (χ2n) is 4.30. The van der Waals surface area contributed by atoms with Crippen molar-refractivity contribution in [3.8, 4) is 5.75 Å². The Morgan fingerprint density at radius 3 is 2.50 bits per heavy atom. The van der Waals surface area contributed by atoms with E-state index in [1.165, 1.54) is 0 Å². The summed E-state index contributed by atoms with van der Waals surface area (Å²) in [5, 5.41) is 4.15. The maximum Gasteiger partial charge on any atom is 0.141 e. The van der Waals surface area contributed by atoms with Gasteiger partial charge in [0.1, 0.15) is 11.9 Å². The van der Waals surface area contributed by atoms with Gasteiger partial charge >= 0.3 is 0 Å². The quantitative estimate of drug-likeness (QED) is 0.944. The molecule has 0 amide bonds. The van der Waals surface area contributed by atoms with Crippen LogP contribution in [0.2, 0.25) is 0 Å². The van der Waals surface area contributed by atoms with E-state index in [0.717, 1.165) is 15.8 Å². The van der Waals surface area contributed by atoms with Gasteiger partial charge in [-0.2, -0.15) is 5.10 Å². The number of ether oxygens (including phenoxy) is 1. The van der Waals surface area contributed by atoms with Gasteiger partial charge in [0, 0.05) is 29.3 Å². The zero-order valence-corrected chi connectivity index (χ0v) is 12.0. The summed E-state index contributed by atoms with van der Waals surface area (Å²) in [6.45, 7) is 1.93. The molecule has 0 aliphatic heterocycles. The molecule has 0 aliphatic carbocycles. The molecule has 0 fully saturated rings. The first-order valence-electron chi connectivity index (χ1n) is 5.72. The normalized spacial score (nSPS) is 14.2. The number of hydrogen-bond donors (Lipinski definition) is 1. The van der Waals surface area contributed by atoms with Crippen molar-refractivity contribution in [1.82, 2.24) is 9.78 Å². The first-order chi connectivity index (χ1) is 8.56. The largest absolute Gasteiger partial charge is 0.484 e. The molecule has 96 valence electrons. The van der Waals surface area contributed by atoms with Crippen molar-refractivity contribution in [2.45, 2.75) is 19.1 Å². The second kappa shape index (κ2) is 5.54. The molecular formula is C13H16BrN3O. The standard InChI is InChI=1S/C13H16BrN3O/c1-9(15)13(10-7-16-17(2)8-10)18-12-5-3-11(14)4-6-12/h3-9,13H,15H2,1-2H3. The fourth-order valence-corrected chi connectivity index (χ4v) is 1.99. The lowest BCUT2D eigenvalue weighted by Crippen LogP contribution is -2.28. The highest BCUT2D eigenvalue weighted by atomic mass is 79.9.